The molecule has 1 aliphatic rings. The van der Waals surface area contributed by atoms with Gasteiger partial charge in [0.2, 0.25) is 0 Å². The van der Waals surface area contributed by atoms with Gasteiger partial charge in [0, 0.05) is 12.2 Å². The van der Waals surface area contributed by atoms with E-state index in [-0.39, 0.29) is 6.04 Å². The predicted octanol–water partition coefficient (Wildman–Crippen LogP) is 1.78. The molecule has 0 amide bonds. The summed E-state index contributed by atoms with van der Waals surface area (Å²) in [5.41, 5.74) is 8.26. The normalized spacial score (nSPS) is 18.7. The molecule has 0 saturated carbocycles. The molecule has 1 aliphatic heterocycles. The van der Waals surface area contributed by atoms with Gasteiger partial charge in [0.05, 0.1) is 30.8 Å². The molecule has 0 bridgehead atoms. The van der Waals surface area contributed by atoms with Crippen LogP contribution in [0.25, 0.3) is 0 Å². The average Bonchev–Trinajstić information content (AvgIpc) is 3.05. The molecule has 2 aromatic rings. The Hall–Kier alpha value is -2.30. The van der Waals surface area contributed by atoms with Crippen LogP contribution in [0.5, 0.6) is 0 Å². The fourth-order valence-electron chi connectivity index (χ4n) is 2.50. The second-order valence-corrected chi connectivity index (χ2v) is 4.52. The van der Waals surface area contributed by atoms with Gasteiger partial charge >= 0.3 is 0 Å². The van der Waals surface area contributed by atoms with Crippen LogP contribution in [0.4, 0.5) is 5.69 Å². The summed E-state index contributed by atoms with van der Waals surface area (Å²) in [5.74, 6) is 0.569. The molecule has 0 fully saturated rings. The first-order valence-electron chi connectivity index (χ1n) is 6.45. The van der Waals surface area contributed by atoms with Crippen LogP contribution >= 0.6 is 0 Å². The van der Waals surface area contributed by atoms with E-state index in [1.54, 1.807) is 0 Å². The number of hydrogen-bond acceptors (Lipinski definition) is 4. The Bertz CT molecular complexity index is 587. The van der Waals surface area contributed by atoms with Crippen molar-refractivity contribution in [3.8, 4) is 0 Å². The SMILES string of the molecule is CCn1cncc1C1CN=C(N)N1c1ccccc1. The number of aryl methyl sites for hydroxylation is 1. The summed E-state index contributed by atoms with van der Waals surface area (Å²) in [7, 11) is 0. The molecule has 0 aliphatic carbocycles. The highest BCUT2D eigenvalue weighted by molar-refractivity contribution is 5.97. The molecule has 1 unspecified atom stereocenters. The minimum Gasteiger partial charge on any atom is -0.369 e. The Kier molecular flexibility index (Phi) is 2.95. The lowest BCUT2D eigenvalue weighted by molar-refractivity contribution is 0.643. The highest BCUT2D eigenvalue weighted by Crippen LogP contribution is 2.30. The minimum absolute atomic E-state index is 0.129. The van der Waals surface area contributed by atoms with Crippen LogP contribution in [0.15, 0.2) is 47.8 Å². The van der Waals surface area contributed by atoms with Gasteiger partial charge in [0.1, 0.15) is 0 Å². The third-order valence-corrected chi connectivity index (χ3v) is 3.45. The number of benzene rings is 1. The van der Waals surface area contributed by atoms with Crippen molar-refractivity contribution in [3.63, 3.8) is 0 Å². The Morgan fingerprint density at radius 1 is 1.32 bits per heavy atom. The van der Waals surface area contributed by atoms with Gasteiger partial charge < -0.3 is 15.2 Å². The first kappa shape index (κ1) is 11.8. The molecule has 2 heterocycles. The zero-order chi connectivity index (χ0) is 13.2. The molecule has 1 aromatic heterocycles. The van der Waals surface area contributed by atoms with E-state index >= 15 is 0 Å². The molecule has 0 radical (unpaired) electrons. The highest BCUT2D eigenvalue weighted by atomic mass is 15.3. The summed E-state index contributed by atoms with van der Waals surface area (Å²) >= 11 is 0. The number of hydrogen-bond donors (Lipinski definition) is 1. The molecule has 5 heteroatoms. The van der Waals surface area contributed by atoms with Crippen molar-refractivity contribution in [2.45, 2.75) is 19.5 Å². The maximum atomic E-state index is 6.05. The van der Waals surface area contributed by atoms with Crippen LogP contribution in [-0.4, -0.2) is 22.1 Å². The van der Waals surface area contributed by atoms with Crippen molar-refractivity contribution in [3.05, 3.63) is 48.5 Å². The van der Waals surface area contributed by atoms with E-state index < -0.39 is 0 Å². The summed E-state index contributed by atoms with van der Waals surface area (Å²) < 4.78 is 2.13. The largest absolute Gasteiger partial charge is 0.369 e. The van der Waals surface area contributed by atoms with E-state index in [1.807, 2.05) is 42.9 Å². The molecule has 1 atom stereocenters. The zero-order valence-electron chi connectivity index (χ0n) is 10.9. The number of nitrogens with zero attached hydrogens (tertiary/aromatic N) is 4. The number of nitrogens with two attached hydrogens (primary N) is 1. The minimum atomic E-state index is 0.129. The van der Waals surface area contributed by atoms with E-state index in [0.717, 1.165) is 17.9 Å². The number of imidazole rings is 1. The molecule has 98 valence electrons. The van der Waals surface area contributed by atoms with Crippen molar-refractivity contribution >= 4 is 11.6 Å². The molecule has 2 N–H and O–H groups in total. The van der Waals surface area contributed by atoms with Crippen molar-refractivity contribution < 1.29 is 0 Å². The Morgan fingerprint density at radius 3 is 2.84 bits per heavy atom. The first-order chi connectivity index (χ1) is 9.31. The molecule has 1 aromatic carbocycles. The smallest absolute Gasteiger partial charge is 0.196 e. The van der Waals surface area contributed by atoms with Gasteiger partial charge in [-0.1, -0.05) is 18.2 Å². The lowest BCUT2D eigenvalue weighted by Gasteiger charge is -2.26. The molecule has 5 nitrogen and oxygen atoms in total. The van der Waals surface area contributed by atoms with E-state index in [9.17, 15) is 0 Å². The van der Waals surface area contributed by atoms with Gasteiger partial charge in [-0.25, -0.2) is 4.98 Å². The predicted molar refractivity (Wildman–Crippen MR) is 76.1 cm³/mol. The summed E-state index contributed by atoms with van der Waals surface area (Å²) in [5, 5.41) is 0. The Labute approximate surface area is 112 Å². The second-order valence-electron chi connectivity index (χ2n) is 4.52. The Balaban J connectivity index is 1.99. The zero-order valence-corrected chi connectivity index (χ0v) is 10.9. The van der Waals surface area contributed by atoms with Crippen LogP contribution in [-0.2, 0) is 6.54 Å². The number of aliphatic imine (C=N–C) groups is 1. The first-order valence-corrected chi connectivity index (χ1v) is 6.45. The number of aromatic nitrogens is 2. The lowest BCUT2D eigenvalue weighted by atomic mass is 10.1. The quantitative estimate of drug-likeness (QED) is 0.909. The maximum absolute atomic E-state index is 6.05. The maximum Gasteiger partial charge on any atom is 0.196 e. The summed E-state index contributed by atoms with van der Waals surface area (Å²) in [6.45, 7) is 3.68. The topological polar surface area (TPSA) is 59.4 Å². The van der Waals surface area contributed by atoms with E-state index in [2.05, 4.69) is 26.4 Å². The van der Waals surface area contributed by atoms with E-state index in [4.69, 9.17) is 5.73 Å². The van der Waals surface area contributed by atoms with Gasteiger partial charge in [0.15, 0.2) is 5.96 Å². The summed E-state index contributed by atoms with van der Waals surface area (Å²) in [4.78, 5) is 10.7. The van der Waals surface area contributed by atoms with E-state index in [1.165, 1.54) is 0 Å². The van der Waals surface area contributed by atoms with Gasteiger partial charge in [0.25, 0.3) is 0 Å². The van der Waals surface area contributed by atoms with E-state index in [0.29, 0.717) is 12.5 Å². The number of para-hydroxylation sites is 1. The van der Waals surface area contributed by atoms with Gasteiger partial charge in [-0.15, -0.1) is 0 Å². The molecular weight excluding hydrogens is 238 g/mol. The van der Waals surface area contributed by atoms with Crippen LogP contribution < -0.4 is 10.6 Å². The van der Waals surface area contributed by atoms with Crippen molar-refractivity contribution in [1.29, 1.82) is 0 Å². The van der Waals surface area contributed by atoms with Crippen molar-refractivity contribution in [2.75, 3.05) is 11.4 Å². The van der Waals surface area contributed by atoms with Crippen LogP contribution in [0.1, 0.15) is 18.7 Å². The van der Waals surface area contributed by atoms with Gasteiger partial charge in [-0.3, -0.25) is 4.99 Å². The van der Waals surface area contributed by atoms with Gasteiger partial charge in [-0.2, -0.15) is 0 Å². The number of anilines is 1. The average molecular weight is 255 g/mol. The molecule has 3 rings (SSSR count). The third kappa shape index (κ3) is 1.97. The third-order valence-electron chi connectivity index (χ3n) is 3.45. The number of rotatable bonds is 3. The fraction of sp³-hybridized carbons (Fsp3) is 0.286. The monoisotopic (exact) mass is 255 g/mol. The van der Waals surface area contributed by atoms with Crippen LogP contribution in [0.3, 0.4) is 0 Å². The lowest BCUT2D eigenvalue weighted by Crippen LogP contribution is -2.36. The van der Waals surface area contributed by atoms with Crippen LogP contribution in [0, 0.1) is 0 Å². The van der Waals surface area contributed by atoms with Gasteiger partial charge in [-0.05, 0) is 19.1 Å². The highest BCUT2D eigenvalue weighted by Gasteiger charge is 2.30. The molecule has 0 saturated heterocycles. The number of guanidine groups is 1. The second kappa shape index (κ2) is 4.76. The van der Waals surface area contributed by atoms with Crippen molar-refractivity contribution in [1.82, 2.24) is 9.55 Å². The van der Waals surface area contributed by atoms with Crippen molar-refractivity contribution in [2.24, 2.45) is 10.7 Å². The summed E-state index contributed by atoms with van der Waals surface area (Å²) in [6.07, 6.45) is 3.76. The molecule has 0 spiro atoms. The standard InChI is InChI=1S/C14H17N5/c1-2-18-10-16-8-12(18)13-9-17-14(15)19(13)11-6-4-3-5-7-11/h3-8,10,13H,2,9H2,1H3,(H2,15,17). The Morgan fingerprint density at radius 2 is 2.11 bits per heavy atom. The fourth-order valence-corrected chi connectivity index (χ4v) is 2.50. The molecule has 19 heavy (non-hydrogen) atoms. The van der Waals surface area contributed by atoms with Crippen LogP contribution in [0.2, 0.25) is 0 Å². The summed E-state index contributed by atoms with van der Waals surface area (Å²) in [6, 6.07) is 10.2. The molecular formula is C14H17N5.